The number of amides is 1. The standard InChI is InChI=1S/C13H10BrF2NO3S2/c14-11-3-4-13(21-11)22(19,20)6-5-12(18)17-10-7-8(15)1-2-9(10)16/h1-4,7H,5-6H2,(H,17,18). The average molecular weight is 410 g/mol. The number of hydrogen-bond donors (Lipinski definition) is 1. The molecule has 1 aromatic carbocycles. The first-order valence-corrected chi connectivity index (χ1v) is 9.27. The Labute approximate surface area is 138 Å². The molecule has 2 aromatic rings. The molecular formula is C13H10BrF2NO3S2. The summed E-state index contributed by atoms with van der Waals surface area (Å²) in [6.07, 6.45) is -0.353. The van der Waals surface area contributed by atoms with E-state index in [-0.39, 0.29) is 16.3 Å². The maximum atomic E-state index is 13.4. The zero-order valence-electron chi connectivity index (χ0n) is 11.0. The molecule has 0 aliphatic heterocycles. The molecule has 0 aliphatic rings. The van der Waals surface area contributed by atoms with Gasteiger partial charge in [0.05, 0.1) is 15.2 Å². The van der Waals surface area contributed by atoms with Crippen LogP contribution >= 0.6 is 27.3 Å². The Kier molecular flexibility index (Phi) is 5.30. The van der Waals surface area contributed by atoms with Crippen molar-refractivity contribution in [2.45, 2.75) is 10.6 Å². The number of sulfone groups is 1. The Morgan fingerprint density at radius 1 is 1.23 bits per heavy atom. The smallest absolute Gasteiger partial charge is 0.225 e. The molecule has 4 nitrogen and oxygen atoms in total. The first-order valence-electron chi connectivity index (χ1n) is 6.01. The number of carbonyl (C=O) groups excluding carboxylic acids is 1. The van der Waals surface area contributed by atoms with Gasteiger partial charge >= 0.3 is 0 Å². The SMILES string of the molecule is O=C(CCS(=O)(=O)c1ccc(Br)s1)Nc1cc(F)ccc1F. The summed E-state index contributed by atoms with van der Waals surface area (Å²) in [5, 5.41) is 2.16. The summed E-state index contributed by atoms with van der Waals surface area (Å²) < 4.78 is 51.2. The van der Waals surface area contributed by atoms with Crippen molar-refractivity contribution >= 4 is 48.7 Å². The van der Waals surface area contributed by atoms with E-state index in [1.165, 1.54) is 6.07 Å². The Bertz CT molecular complexity index is 805. The van der Waals surface area contributed by atoms with Crippen molar-refractivity contribution in [3.63, 3.8) is 0 Å². The van der Waals surface area contributed by atoms with Crippen molar-refractivity contribution in [2.75, 3.05) is 11.1 Å². The van der Waals surface area contributed by atoms with Gasteiger partial charge in [-0.15, -0.1) is 11.3 Å². The van der Waals surface area contributed by atoms with E-state index in [4.69, 9.17) is 0 Å². The molecule has 118 valence electrons. The maximum absolute atomic E-state index is 13.4. The van der Waals surface area contributed by atoms with Crippen molar-refractivity contribution in [3.05, 3.63) is 45.8 Å². The molecule has 0 atom stereocenters. The fraction of sp³-hybridized carbons (Fsp3) is 0.154. The normalized spacial score (nSPS) is 11.4. The van der Waals surface area contributed by atoms with Crippen molar-refractivity contribution in [1.82, 2.24) is 0 Å². The lowest BCUT2D eigenvalue weighted by atomic mass is 10.3. The third-order valence-corrected chi connectivity index (χ3v) is 6.58. The molecular weight excluding hydrogens is 400 g/mol. The van der Waals surface area contributed by atoms with Crippen LogP contribution in [0.5, 0.6) is 0 Å². The first kappa shape index (κ1) is 17.0. The second kappa shape index (κ2) is 6.84. The first-order chi connectivity index (χ1) is 10.3. The zero-order chi connectivity index (χ0) is 16.3. The Morgan fingerprint density at radius 3 is 2.59 bits per heavy atom. The predicted octanol–water partition coefficient (Wildman–Crippen LogP) is 3.59. The number of hydrogen-bond acceptors (Lipinski definition) is 4. The van der Waals surface area contributed by atoms with Crippen LogP contribution in [0.2, 0.25) is 0 Å². The molecule has 1 amide bonds. The number of carbonyl (C=O) groups is 1. The van der Waals surface area contributed by atoms with E-state index in [9.17, 15) is 22.0 Å². The molecule has 0 unspecified atom stereocenters. The van der Waals surface area contributed by atoms with Crippen LogP contribution in [0, 0.1) is 11.6 Å². The molecule has 0 fully saturated rings. The minimum absolute atomic E-state index is 0.143. The van der Waals surface area contributed by atoms with Gasteiger partial charge < -0.3 is 5.32 Å². The number of thiophene rings is 1. The monoisotopic (exact) mass is 409 g/mol. The van der Waals surface area contributed by atoms with Gasteiger partial charge in [0.2, 0.25) is 5.91 Å². The predicted molar refractivity (Wildman–Crippen MR) is 83.7 cm³/mol. The molecule has 1 aromatic heterocycles. The quantitative estimate of drug-likeness (QED) is 0.820. The van der Waals surface area contributed by atoms with Crippen molar-refractivity contribution in [1.29, 1.82) is 0 Å². The highest BCUT2D eigenvalue weighted by Gasteiger charge is 2.19. The van der Waals surface area contributed by atoms with Crippen LogP contribution in [-0.4, -0.2) is 20.1 Å². The van der Waals surface area contributed by atoms with E-state index in [2.05, 4.69) is 21.2 Å². The maximum Gasteiger partial charge on any atom is 0.225 e. The second-order valence-corrected chi connectivity index (χ2v) is 9.10. The molecule has 1 heterocycles. The molecule has 1 N–H and O–H groups in total. The highest BCUT2D eigenvalue weighted by Crippen LogP contribution is 2.27. The summed E-state index contributed by atoms with van der Waals surface area (Å²) in [4.78, 5) is 11.7. The minimum atomic E-state index is -3.59. The lowest BCUT2D eigenvalue weighted by molar-refractivity contribution is -0.115. The second-order valence-electron chi connectivity index (χ2n) is 4.30. The van der Waals surface area contributed by atoms with Crippen LogP contribution in [0.25, 0.3) is 0 Å². The summed E-state index contributed by atoms with van der Waals surface area (Å²) in [5.41, 5.74) is -0.318. The minimum Gasteiger partial charge on any atom is -0.323 e. The summed E-state index contributed by atoms with van der Waals surface area (Å²) in [7, 11) is -3.59. The molecule has 0 saturated heterocycles. The van der Waals surface area contributed by atoms with Crippen LogP contribution in [0.1, 0.15) is 6.42 Å². The molecule has 0 aliphatic carbocycles. The van der Waals surface area contributed by atoms with Gasteiger partial charge in [-0.3, -0.25) is 4.79 Å². The summed E-state index contributed by atoms with van der Waals surface area (Å²) >= 11 is 4.20. The Hall–Kier alpha value is -1.32. The van der Waals surface area contributed by atoms with Gasteiger partial charge in [-0.2, -0.15) is 0 Å². The number of anilines is 1. The summed E-state index contributed by atoms with van der Waals surface area (Å²) in [6.45, 7) is 0. The van der Waals surface area contributed by atoms with Crippen LogP contribution in [0.3, 0.4) is 0 Å². The van der Waals surface area contributed by atoms with Gasteiger partial charge in [0.1, 0.15) is 15.8 Å². The van der Waals surface area contributed by atoms with E-state index in [1.807, 2.05) is 0 Å². The van der Waals surface area contributed by atoms with Gasteiger partial charge in [-0.05, 0) is 40.2 Å². The third-order valence-electron chi connectivity index (χ3n) is 2.66. The van der Waals surface area contributed by atoms with Crippen LogP contribution in [-0.2, 0) is 14.6 Å². The molecule has 0 spiro atoms. The lowest BCUT2D eigenvalue weighted by Gasteiger charge is -2.06. The zero-order valence-corrected chi connectivity index (χ0v) is 14.2. The van der Waals surface area contributed by atoms with E-state index < -0.39 is 33.1 Å². The average Bonchev–Trinajstić information content (AvgIpc) is 2.88. The van der Waals surface area contributed by atoms with Gasteiger partial charge in [0.25, 0.3) is 0 Å². The number of rotatable bonds is 5. The number of benzene rings is 1. The summed E-state index contributed by atoms with van der Waals surface area (Å²) in [6, 6.07) is 5.67. The lowest BCUT2D eigenvalue weighted by Crippen LogP contribution is -2.17. The van der Waals surface area contributed by atoms with Gasteiger partial charge in [0, 0.05) is 12.5 Å². The highest BCUT2D eigenvalue weighted by atomic mass is 79.9. The van der Waals surface area contributed by atoms with Crippen LogP contribution in [0.4, 0.5) is 14.5 Å². The van der Waals surface area contributed by atoms with Gasteiger partial charge in [0.15, 0.2) is 9.84 Å². The fourth-order valence-corrected chi connectivity index (χ4v) is 5.00. The van der Waals surface area contributed by atoms with Gasteiger partial charge in [-0.25, -0.2) is 17.2 Å². The largest absolute Gasteiger partial charge is 0.323 e. The Morgan fingerprint density at radius 2 is 1.95 bits per heavy atom. The highest BCUT2D eigenvalue weighted by molar-refractivity contribution is 9.11. The fourth-order valence-electron chi connectivity index (χ4n) is 1.60. The Balaban J connectivity index is 1.99. The van der Waals surface area contributed by atoms with E-state index in [0.717, 1.165) is 29.5 Å². The molecule has 0 bridgehead atoms. The topological polar surface area (TPSA) is 63.2 Å². The third kappa shape index (κ3) is 4.34. The van der Waals surface area contributed by atoms with Crippen molar-refractivity contribution in [3.8, 4) is 0 Å². The van der Waals surface area contributed by atoms with E-state index in [0.29, 0.717) is 3.79 Å². The molecule has 0 radical (unpaired) electrons. The molecule has 0 saturated carbocycles. The number of nitrogens with one attached hydrogen (secondary N) is 1. The van der Waals surface area contributed by atoms with Crippen LogP contribution < -0.4 is 5.32 Å². The van der Waals surface area contributed by atoms with Crippen LogP contribution in [0.15, 0.2) is 38.3 Å². The van der Waals surface area contributed by atoms with Gasteiger partial charge in [-0.1, -0.05) is 0 Å². The van der Waals surface area contributed by atoms with Crippen molar-refractivity contribution in [2.24, 2.45) is 0 Å². The van der Waals surface area contributed by atoms with E-state index >= 15 is 0 Å². The van der Waals surface area contributed by atoms with E-state index in [1.54, 1.807) is 6.07 Å². The molecule has 22 heavy (non-hydrogen) atoms. The summed E-state index contributed by atoms with van der Waals surface area (Å²) in [5.74, 6) is -2.61. The number of halogens is 3. The molecule has 2 rings (SSSR count). The van der Waals surface area contributed by atoms with Crippen molar-refractivity contribution < 1.29 is 22.0 Å². The molecule has 9 heteroatoms.